The molecule has 1 aromatic carbocycles. The Balaban J connectivity index is 1.80. The molecule has 0 bridgehead atoms. The van der Waals surface area contributed by atoms with Crippen LogP contribution in [-0.2, 0) is 11.2 Å². The molecule has 2 rings (SSSR count). The van der Waals surface area contributed by atoms with E-state index in [9.17, 15) is 4.79 Å². The van der Waals surface area contributed by atoms with Gasteiger partial charge in [0.1, 0.15) is 5.75 Å². The zero-order valence-electron chi connectivity index (χ0n) is 16.7. The van der Waals surface area contributed by atoms with Crippen LogP contribution in [0.15, 0.2) is 29.3 Å². The van der Waals surface area contributed by atoms with Gasteiger partial charge in [-0.15, -0.1) is 0 Å². The molecular weight excluding hydrogens is 344 g/mol. The highest BCUT2D eigenvalue weighted by Crippen LogP contribution is 2.12. The van der Waals surface area contributed by atoms with E-state index in [2.05, 4.69) is 34.7 Å². The van der Waals surface area contributed by atoms with Gasteiger partial charge in [-0.2, -0.15) is 0 Å². The first-order chi connectivity index (χ1) is 13.2. The fraction of sp³-hybridized carbons (Fsp3) is 0.600. The van der Waals surface area contributed by atoms with Crippen LogP contribution in [0.5, 0.6) is 5.75 Å². The molecule has 0 saturated carbocycles. The maximum Gasteiger partial charge on any atom is 0.409 e. The number of amides is 1. The zero-order valence-corrected chi connectivity index (χ0v) is 16.7. The predicted octanol–water partition coefficient (Wildman–Crippen LogP) is 2.41. The lowest BCUT2D eigenvalue weighted by atomic mass is 10.1. The first kappa shape index (κ1) is 20.9. The third-order valence-corrected chi connectivity index (χ3v) is 4.54. The molecule has 0 aliphatic carbocycles. The molecule has 0 aromatic heterocycles. The average Bonchev–Trinajstić information content (AvgIpc) is 2.69. The summed E-state index contributed by atoms with van der Waals surface area (Å²) in [7, 11) is 1.67. The average molecular weight is 377 g/mol. The van der Waals surface area contributed by atoms with Crippen LogP contribution in [0.1, 0.15) is 32.3 Å². The van der Waals surface area contributed by atoms with E-state index in [1.165, 1.54) is 5.56 Å². The van der Waals surface area contributed by atoms with Crippen LogP contribution >= 0.6 is 0 Å². The highest BCUT2D eigenvalue weighted by Gasteiger charge is 2.23. The van der Waals surface area contributed by atoms with Crippen molar-refractivity contribution in [2.45, 2.75) is 39.2 Å². The van der Waals surface area contributed by atoms with Gasteiger partial charge in [0.2, 0.25) is 0 Å². The standard InChI is InChI=1S/C20H32N4O3/c1-4-21-19(22-13-10-16-6-8-18(26-3)9-7-16)23-17-11-14-24(15-12-17)20(25)27-5-2/h6-9,17H,4-5,10-15H2,1-3H3,(H2,21,22,23). The second kappa shape index (κ2) is 11.3. The van der Waals surface area contributed by atoms with Gasteiger partial charge >= 0.3 is 6.09 Å². The number of nitrogens with zero attached hydrogens (tertiary/aromatic N) is 2. The summed E-state index contributed by atoms with van der Waals surface area (Å²) in [5.41, 5.74) is 1.23. The maximum absolute atomic E-state index is 11.8. The lowest BCUT2D eigenvalue weighted by Crippen LogP contribution is -2.50. The molecule has 1 aromatic rings. The van der Waals surface area contributed by atoms with Crippen molar-refractivity contribution in [2.75, 3.05) is 39.9 Å². The molecule has 0 radical (unpaired) electrons. The van der Waals surface area contributed by atoms with Crippen molar-refractivity contribution in [3.05, 3.63) is 29.8 Å². The number of carbonyl (C=O) groups excluding carboxylic acids is 1. The molecule has 1 amide bonds. The van der Waals surface area contributed by atoms with E-state index in [0.29, 0.717) is 32.3 Å². The molecule has 150 valence electrons. The van der Waals surface area contributed by atoms with Crippen molar-refractivity contribution in [3.8, 4) is 5.75 Å². The normalized spacial score (nSPS) is 15.4. The number of hydrogen-bond acceptors (Lipinski definition) is 4. The van der Waals surface area contributed by atoms with Gasteiger partial charge in [-0.1, -0.05) is 12.1 Å². The Morgan fingerprint density at radius 2 is 1.93 bits per heavy atom. The number of aliphatic imine (C=N–C) groups is 1. The smallest absolute Gasteiger partial charge is 0.409 e. The van der Waals surface area contributed by atoms with Crippen LogP contribution < -0.4 is 15.4 Å². The number of hydrogen-bond donors (Lipinski definition) is 2. The number of nitrogens with one attached hydrogen (secondary N) is 2. The van der Waals surface area contributed by atoms with Crippen LogP contribution in [0.25, 0.3) is 0 Å². The molecular formula is C20H32N4O3. The molecule has 0 unspecified atom stereocenters. The quantitative estimate of drug-likeness (QED) is 0.565. The van der Waals surface area contributed by atoms with Gasteiger partial charge < -0.3 is 25.0 Å². The minimum atomic E-state index is -0.212. The largest absolute Gasteiger partial charge is 0.497 e. The topological polar surface area (TPSA) is 75.2 Å². The third-order valence-electron chi connectivity index (χ3n) is 4.54. The van der Waals surface area contributed by atoms with Crippen molar-refractivity contribution < 1.29 is 14.3 Å². The fourth-order valence-corrected chi connectivity index (χ4v) is 3.02. The van der Waals surface area contributed by atoms with Gasteiger partial charge in [0.15, 0.2) is 5.96 Å². The third kappa shape index (κ3) is 7.00. The number of methoxy groups -OCH3 is 1. The summed E-state index contributed by atoms with van der Waals surface area (Å²) >= 11 is 0. The second-order valence-electron chi connectivity index (χ2n) is 6.46. The van der Waals surface area contributed by atoms with Gasteiger partial charge in [0, 0.05) is 32.2 Å². The number of piperidine rings is 1. The lowest BCUT2D eigenvalue weighted by Gasteiger charge is -2.32. The Morgan fingerprint density at radius 3 is 2.52 bits per heavy atom. The first-order valence-corrected chi connectivity index (χ1v) is 9.75. The summed E-state index contributed by atoms with van der Waals surface area (Å²) in [6.07, 6.45) is 2.45. The van der Waals surface area contributed by atoms with Crippen molar-refractivity contribution in [1.82, 2.24) is 15.5 Å². The Labute approximate surface area is 162 Å². The summed E-state index contributed by atoms with van der Waals surface area (Å²) in [6.45, 7) is 7.26. The molecule has 1 saturated heterocycles. The van der Waals surface area contributed by atoms with Gasteiger partial charge in [0.25, 0.3) is 0 Å². The van der Waals surface area contributed by atoms with E-state index >= 15 is 0 Å². The molecule has 1 fully saturated rings. The number of guanidine groups is 1. The second-order valence-corrected chi connectivity index (χ2v) is 6.46. The van der Waals surface area contributed by atoms with Crippen LogP contribution in [0.2, 0.25) is 0 Å². The van der Waals surface area contributed by atoms with Crippen molar-refractivity contribution >= 4 is 12.1 Å². The number of benzene rings is 1. The van der Waals surface area contributed by atoms with E-state index < -0.39 is 0 Å². The molecule has 2 N–H and O–H groups in total. The Bertz CT molecular complexity index is 596. The highest BCUT2D eigenvalue weighted by atomic mass is 16.6. The summed E-state index contributed by atoms with van der Waals surface area (Å²) in [5, 5.41) is 6.80. The number of carbonyl (C=O) groups is 1. The minimum absolute atomic E-state index is 0.212. The molecule has 27 heavy (non-hydrogen) atoms. The molecule has 0 spiro atoms. The maximum atomic E-state index is 11.8. The van der Waals surface area contributed by atoms with Crippen LogP contribution in [-0.4, -0.2) is 62.9 Å². The Kier molecular flexibility index (Phi) is 8.74. The summed E-state index contributed by atoms with van der Waals surface area (Å²) in [5.74, 6) is 1.70. The van der Waals surface area contributed by atoms with E-state index in [4.69, 9.17) is 9.47 Å². The fourth-order valence-electron chi connectivity index (χ4n) is 3.02. The van der Waals surface area contributed by atoms with Crippen molar-refractivity contribution in [3.63, 3.8) is 0 Å². The van der Waals surface area contributed by atoms with Crippen molar-refractivity contribution in [1.29, 1.82) is 0 Å². The van der Waals surface area contributed by atoms with Gasteiger partial charge in [0.05, 0.1) is 13.7 Å². The van der Waals surface area contributed by atoms with E-state index in [-0.39, 0.29) is 6.09 Å². The molecule has 1 heterocycles. The number of rotatable bonds is 7. The monoisotopic (exact) mass is 376 g/mol. The summed E-state index contributed by atoms with van der Waals surface area (Å²) in [4.78, 5) is 18.2. The van der Waals surface area contributed by atoms with Gasteiger partial charge in [-0.3, -0.25) is 4.99 Å². The first-order valence-electron chi connectivity index (χ1n) is 9.75. The van der Waals surface area contributed by atoms with Gasteiger partial charge in [-0.05, 0) is 50.8 Å². The number of likely N-dealkylation sites (tertiary alicyclic amines) is 1. The molecule has 1 aliphatic rings. The van der Waals surface area contributed by atoms with E-state index in [1.54, 1.807) is 12.0 Å². The molecule has 7 heteroatoms. The summed E-state index contributed by atoms with van der Waals surface area (Å²) < 4.78 is 10.3. The van der Waals surface area contributed by atoms with Crippen LogP contribution in [0.4, 0.5) is 4.79 Å². The lowest BCUT2D eigenvalue weighted by molar-refractivity contribution is 0.0963. The highest BCUT2D eigenvalue weighted by molar-refractivity contribution is 5.80. The van der Waals surface area contributed by atoms with Gasteiger partial charge in [-0.25, -0.2) is 4.79 Å². The minimum Gasteiger partial charge on any atom is -0.497 e. The number of ether oxygens (including phenoxy) is 2. The molecule has 1 aliphatic heterocycles. The van der Waals surface area contributed by atoms with Crippen LogP contribution in [0, 0.1) is 0 Å². The SMILES string of the molecule is CCNC(=NCCc1ccc(OC)cc1)NC1CCN(C(=O)OCC)CC1. The Hall–Kier alpha value is -2.44. The van der Waals surface area contributed by atoms with Crippen LogP contribution in [0.3, 0.4) is 0 Å². The summed E-state index contributed by atoms with van der Waals surface area (Å²) in [6, 6.07) is 8.40. The predicted molar refractivity (Wildman–Crippen MR) is 107 cm³/mol. The zero-order chi connectivity index (χ0) is 19.5. The van der Waals surface area contributed by atoms with Crippen molar-refractivity contribution in [2.24, 2.45) is 4.99 Å². The van der Waals surface area contributed by atoms with E-state index in [0.717, 1.165) is 37.5 Å². The molecule has 0 atom stereocenters. The molecule has 7 nitrogen and oxygen atoms in total. The Morgan fingerprint density at radius 1 is 1.22 bits per heavy atom. The van der Waals surface area contributed by atoms with E-state index in [1.807, 2.05) is 19.1 Å².